The molecule has 1 aromatic carbocycles. The van der Waals surface area contributed by atoms with Crippen LogP contribution in [0, 0.1) is 6.92 Å². The molecule has 0 aromatic heterocycles. The molecule has 21 heavy (non-hydrogen) atoms. The zero-order valence-corrected chi connectivity index (χ0v) is 10.2. The van der Waals surface area contributed by atoms with Gasteiger partial charge in [0.1, 0.15) is 0 Å². The fraction of sp³-hybridized carbons (Fsp3) is 0.417. The summed E-state index contributed by atoms with van der Waals surface area (Å²) < 4.78 is 114. The molecule has 0 aliphatic carbocycles. The van der Waals surface area contributed by atoms with E-state index in [2.05, 4.69) is 6.92 Å². The Kier molecular flexibility index (Phi) is 4.55. The Hall–Kier alpha value is -1.41. The normalized spacial score (nSPS) is 13.6. The summed E-state index contributed by atoms with van der Waals surface area (Å²) in [5.74, 6) is 0. The van der Waals surface area contributed by atoms with E-state index in [4.69, 9.17) is 0 Å². The molecule has 0 saturated carbocycles. The number of alkyl halides is 9. The fourth-order valence-electron chi connectivity index (χ4n) is 1.79. The van der Waals surface area contributed by atoms with E-state index in [0.717, 1.165) is 0 Å². The van der Waals surface area contributed by atoms with Gasteiger partial charge in [0, 0.05) is 0 Å². The summed E-state index contributed by atoms with van der Waals surface area (Å²) in [7, 11) is 0. The number of hydrogen-bond acceptors (Lipinski definition) is 0. The summed E-state index contributed by atoms with van der Waals surface area (Å²) in [5, 5.41) is 0. The highest BCUT2D eigenvalue weighted by molar-refractivity contribution is 5.43. The summed E-state index contributed by atoms with van der Waals surface area (Å²) in [4.78, 5) is 0. The number of hydrogen-bond donors (Lipinski definition) is 0. The largest absolute Gasteiger partial charge is 0.416 e. The van der Waals surface area contributed by atoms with Crippen molar-refractivity contribution in [2.75, 3.05) is 0 Å². The van der Waals surface area contributed by atoms with E-state index in [0.29, 0.717) is 0 Å². The Morgan fingerprint density at radius 2 is 1.10 bits per heavy atom. The van der Waals surface area contributed by atoms with Crippen molar-refractivity contribution in [3.8, 4) is 0 Å². The van der Waals surface area contributed by atoms with Crippen molar-refractivity contribution < 1.29 is 39.5 Å². The fourth-order valence-corrected chi connectivity index (χ4v) is 1.79. The van der Waals surface area contributed by atoms with Crippen LogP contribution in [0.25, 0.3) is 0 Å². The summed E-state index contributed by atoms with van der Waals surface area (Å²) in [6.07, 6.45) is -17.0. The van der Waals surface area contributed by atoms with E-state index in [1.165, 1.54) is 0 Å². The molecule has 0 spiro atoms. The number of halogens is 9. The zero-order chi connectivity index (χ0) is 16.6. The zero-order valence-electron chi connectivity index (χ0n) is 10.2. The average Bonchev–Trinajstić information content (AvgIpc) is 2.24. The summed E-state index contributed by atoms with van der Waals surface area (Å²) >= 11 is 0. The SMILES string of the molecule is [CH2]CCc1c(C(F)(F)F)cc(C(F)(F)F)cc1C(F)(F)F. The number of benzene rings is 1. The van der Waals surface area contributed by atoms with E-state index in [9.17, 15) is 39.5 Å². The maximum absolute atomic E-state index is 12.8. The van der Waals surface area contributed by atoms with Crippen molar-refractivity contribution in [1.82, 2.24) is 0 Å². The standard InChI is InChI=1S/C12H8F9/c1-2-3-7-8(11(16,17)18)4-6(10(13,14)15)5-9(7)12(19,20)21/h4-5H,1-3H2. The van der Waals surface area contributed by atoms with Gasteiger partial charge in [-0.3, -0.25) is 0 Å². The van der Waals surface area contributed by atoms with E-state index >= 15 is 0 Å². The van der Waals surface area contributed by atoms with Crippen LogP contribution in [0.2, 0.25) is 0 Å². The molecule has 9 heteroatoms. The monoisotopic (exact) mass is 323 g/mol. The molecule has 0 saturated heterocycles. The molecule has 0 atom stereocenters. The van der Waals surface area contributed by atoms with Crippen LogP contribution in [0.3, 0.4) is 0 Å². The van der Waals surface area contributed by atoms with Crippen molar-refractivity contribution in [2.24, 2.45) is 0 Å². The Balaban J connectivity index is 3.75. The van der Waals surface area contributed by atoms with E-state index in [1.807, 2.05) is 0 Å². The second kappa shape index (κ2) is 5.42. The van der Waals surface area contributed by atoms with Gasteiger partial charge in [-0.05, 0) is 30.5 Å². The Morgan fingerprint density at radius 3 is 1.33 bits per heavy atom. The molecular weight excluding hydrogens is 315 g/mol. The van der Waals surface area contributed by atoms with Gasteiger partial charge in [0.15, 0.2) is 0 Å². The predicted octanol–water partition coefficient (Wildman–Crippen LogP) is 5.51. The molecule has 0 fully saturated rings. The molecule has 0 aliphatic rings. The average molecular weight is 323 g/mol. The molecule has 0 amide bonds. The molecule has 1 radical (unpaired) electrons. The van der Waals surface area contributed by atoms with Gasteiger partial charge in [0.2, 0.25) is 0 Å². The molecule has 0 N–H and O–H groups in total. The summed E-state index contributed by atoms with van der Waals surface area (Å²) in [6.45, 7) is 3.14. The summed E-state index contributed by atoms with van der Waals surface area (Å²) in [5.41, 5.74) is -7.09. The summed E-state index contributed by atoms with van der Waals surface area (Å²) in [6, 6.07) is -0.611. The molecule has 0 aliphatic heterocycles. The van der Waals surface area contributed by atoms with Crippen LogP contribution >= 0.6 is 0 Å². The molecule has 1 rings (SSSR count). The minimum Gasteiger partial charge on any atom is -0.166 e. The maximum atomic E-state index is 12.8. The molecular formula is C12H8F9. The Bertz CT molecular complexity index is 470. The minimum atomic E-state index is -5.33. The highest BCUT2D eigenvalue weighted by atomic mass is 19.4. The number of rotatable bonds is 2. The van der Waals surface area contributed by atoms with Crippen molar-refractivity contribution in [1.29, 1.82) is 0 Å². The first-order chi connectivity index (χ1) is 9.28. The second-order valence-corrected chi connectivity index (χ2v) is 4.15. The first kappa shape index (κ1) is 17.6. The molecule has 0 heterocycles. The molecule has 0 bridgehead atoms. The quantitative estimate of drug-likeness (QED) is 0.630. The third-order valence-electron chi connectivity index (χ3n) is 2.61. The lowest BCUT2D eigenvalue weighted by Crippen LogP contribution is -2.19. The third-order valence-corrected chi connectivity index (χ3v) is 2.61. The lowest BCUT2D eigenvalue weighted by Gasteiger charge is -2.21. The van der Waals surface area contributed by atoms with Gasteiger partial charge in [-0.15, -0.1) is 0 Å². The van der Waals surface area contributed by atoms with Crippen LogP contribution < -0.4 is 0 Å². The van der Waals surface area contributed by atoms with Gasteiger partial charge in [0.05, 0.1) is 16.7 Å². The topological polar surface area (TPSA) is 0 Å². The first-order valence-corrected chi connectivity index (χ1v) is 5.46. The highest BCUT2D eigenvalue weighted by Gasteiger charge is 2.44. The van der Waals surface area contributed by atoms with Gasteiger partial charge in [-0.25, -0.2) is 0 Å². The second-order valence-electron chi connectivity index (χ2n) is 4.15. The van der Waals surface area contributed by atoms with Gasteiger partial charge >= 0.3 is 18.5 Å². The maximum Gasteiger partial charge on any atom is 0.416 e. The molecule has 0 unspecified atom stereocenters. The van der Waals surface area contributed by atoms with Crippen LogP contribution in [-0.2, 0) is 24.9 Å². The van der Waals surface area contributed by atoms with Crippen LogP contribution in [0.15, 0.2) is 12.1 Å². The Labute approximate surface area is 113 Å². The lowest BCUT2D eigenvalue weighted by atomic mass is 9.93. The van der Waals surface area contributed by atoms with Crippen molar-refractivity contribution in [2.45, 2.75) is 31.4 Å². The van der Waals surface area contributed by atoms with Crippen LogP contribution in [0.1, 0.15) is 28.7 Å². The third kappa shape index (κ3) is 4.04. The molecule has 0 nitrogen and oxygen atoms in total. The predicted molar refractivity (Wildman–Crippen MR) is 55.1 cm³/mol. The van der Waals surface area contributed by atoms with Crippen molar-refractivity contribution >= 4 is 0 Å². The molecule has 119 valence electrons. The van der Waals surface area contributed by atoms with E-state index < -0.39 is 47.2 Å². The van der Waals surface area contributed by atoms with Crippen molar-refractivity contribution in [3.63, 3.8) is 0 Å². The van der Waals surface area contributed by atoms with E-state index in [1.54, 1.807) is 0 Å². The van der Waals surface area contributed by atoms with Gasteiger partial charge in [0.25, 0.3) is 0 Å². The van der Waals surface area contributed by atoms with Crippen molar-refractivity contribution in [3.05, 3.63) is 41.3 Å². The highest BCUT2D eigenvalue weighted by Crippen LogP contribution is 2.43. The van der Waals surface area contributed by atoms with Crippen LogP contribution in [0.5, 0.6) is 0 Å². The van der Waals surface area contributed by atoms with E-state index in [-0.39, 0.29) is 18.6 Å². The van der Waals surface area contributed by atoms with Gasteiger partial charge < -0.3 is 0 Å². The minimum absolute atomic E-state index is 0.305. The lowest BCUT2D eigenvalue weighted by molar-refractivity contribution is -0.149. The van der Waals surface area contributed by atoms with Crippen LogP contribution in [0.4, 0.5) is 39.5 Å². The first-order valence-electron chi connectivity index (χ1n) is 5.46. The van der Waals surface area contributed by atoms with Gasteiger partial charge in [-0.1, -0.05) is 6.92 Å². The molecule has 1 aromatic rings. The van der Waals surface area contributed by atoms with Gasteiger partial charge in [-0.2, -0.15) is 39.5 Å². The smallest absolute Gasteiger partial charge is 0.166 e. The van der Waals surface area contributed by atoms with Crippen LogP contribution in [-0.4, -0.2) is 0 Å². The Morgan fingerprint density at radius 1 is 0.714 bits per heavy atom.